The van der Waals surface area contributed by atoms with Crippen LogP contribution in [0.3, 0.4) is 0 Å². The third-order valence-corrected chi connectivity index (χ3v) is 10.5. The van der Waals surface area contributed by atoms with Crippen molar-refractivity contribution in [1.29, 1.82) is 0 Å². The number of hydrogen-bond acceptors (Lipinski definition) is 8. The summed E-state index contributed by atoms with van der Waals surface area (Å²) in [4.78, 5) is 34.9. The lowest BCUT2D eigenvalue weighted by Gasteiger charge is -2.19. The molecule has 0 aromatic carbocycles. The van der Waals surface area contributed by atoms with Crippen molar-refractivity contribution in [2.75, 3.05) is 26.4 Å². The van der Waals surface area contributed by atoms with Crippen LogP contribution in [-0.4, -0.2) is 49.3 Å². The van der Waals surface area contributed by atoms with Gasteiger partial charge in [0.15, 0.2) is 6.10 Å². The first kappa shape index (κ1) is 53.2. The molecule has 0 saturated carbocycles. The zero-order chi connectivity index (χ0) is 40.3. The van der Waals surface area contributed by atoms with Crippen molar-refractivity contribution in [1.82, 2.24) is 0 Å². The van der Waals surface area contributed by atoms with Gasteiger partial charge >= 0.3 is 19.8 Å². The van der Waals surface area contributed by atoms with Gasteiger partial charge in [0.2, 0.25) is 0 Å². The van der Waals surface area contributed by atoms with E-state index in [0.717, 1.165) is 57.8 Å². The molecule has 322 valence electrons. The van der Waals surface area contributed by atoms with Gasteiger partial charge in [0.05, 0.1) is 13.2 Å². The van der Waals surface area contributed by atoms with Crippen molar-refractivity contribution in [3.63, 3.8) is 0 Å². The van der Waals surface area contributed by atoms with Gasteiger partial charge in [-0.3, -0.25) is 18.6 Å². The molecule has 0 spiro atoms. The molecule has 10 heteroatoms. The molecule has 0 bridgehead atoms. The number of hydrogen-bond donors (Lipinski definition) is 2. The summed E-state index contributed by atoms with van der Waals surface area (Å²) in [6.45, 7) is 3.70. The smallest absolute Gasteiger partial charge is 0.462 e. The Kier molecular flexibility index (Phi) is 40.5. The van der Waals surface area contributed by atoms with Gasteiger partial charge in [0, 0.05) is 19.4 Å². The monoisotopic (exact) mass is 798 g/mol. The Hall–Kier alpha value is -1.77. The largest absolute Gasteiger partial charge is 0.472 e. The highest BCUT2D eigenvalue weighted by molar-refractivity contribution is 7.47. The van der Waals surface area contributed by atoms with Crippen LogP contribution in [0.1, 0.15) is 206 Å². The van der Waals surface area contributed by atoms with E-state index in [1.807, 2.05) is 0 Å². The summed E-state index contributed by atoms with van der Waals surface area (Å²) >= 11 is 0. The fourth-order valence-corrected chi connectivity index (χ4v) is 6.89. The Morgan fingerprint density at radius 3 is 1.44 bits per heavy atom. The molecule has 0 aromatic heterocycles. The van der Waals surface area contributed by atoms with Crippen LogP contribution in [0, 0.1) is 0 Å². The van der Waals surface area contributed by atoms with Crippen LogP contribution >= 0.6 is 7.82 Å². The molecule has 0 aliphatic carbocycles. The Bertz CT molecular complexity index is 1000. The molecule has 9 nitrogen and oxygen atoms in total. The SMILES string of the molecule is CCCCCC=CCC=CCCCCCCCCCCCC(=O)OCC(COP(=O)(O)OCCN)OC(=O)CCCCCCCC=CCCCCCCCC. The van der Waals surface area contributed by atoms with Crippen molar-refractivity contribution in [2.45, 2.75) is 213 Å². The number of phosphoric acid groups is 1. The third kappa shape index (κ3) is 41.7. The molecule has 0 heterocycles. The van der Waals surface area contributed by atoms with E-state index in [1.54, 1.807) is 0 Å². The lowest BCUT2D eigenvalue weighted by molar-refractivity contribution is -0.161. The fraction of sp³-hybridized carbons (Fsp3) is 0.822. The highest BCUT2D eigenvalue weighted by atomic mass is 31.2. The summed E-state index contributed by atoms with van der Waals surface area (Å²) in [7, 11) is -4.38. The summed E-state index contributed by atoms with van der Waals surface area (Å²) in [5.74, 6) is -0.840. The number of phosphoric ester groups is 1. The van der Waals surface area contributed by atoms with Gasteiger partial charge in [-0.25, -0.2) is 4.57 Å². The number of carbonyl (C=O) groups excluding carboxylic acids is 2. The van der Waals surface area contributed by atoms with E-state index in [-0.39, 0.29) is 38.6 Å². The molecule has 0 saturated heterocycles. The molecule has 0 aromatic rings. The zero-order valence-electron chi connectivity index (χ0n) is 35.4. The average molecular weight is 798 g/mol. The summed E-state index contributed by atoms with van der Waals surface area (Å²) in [5.41, 5.74) is 5.35. The predicted molar refractivity (Wildman–Crippen MR) is 229 cm³/mol. The van der Waals surface area contributed by atoms with Crippen LogP contribution in [0.4, 0.5) is 0 Å². The van der Waals surface area contributed by atoms with Gasteiger partial charge in [-0.1, -0.05) is 159 Å². The second-order valence-electron chi connectivity index (χ2n) is 14.9. The van der Waals surface area contributed by atoms with Gasteiger partial charge in [-0.2, -0.15) is 0 Å². The minimum atomic E-state index is -4.38. The van der Waals surface area contributed by atoms with E-state index in [0.29, 0.717) is 6.42 Å². The minimum absolute atomic E-state index is 0.0514. The Morgan fingerprint density at radius 2 is 0.945 bits per heavy atom. The number of ether oxygens (including phenoxy) is 2. The van der Waals surface area contributed by atoms with E-state index in [1.165, 1.54) is 116 Å². The van der Waals surface area contributed by atoms with Crippen LogP contribution in [0.25, 0.3) is 0 Å². The average Bonchev–Trinajstić information content (AvgIpc) is 3.17. The molecular weight excluding hydrogens is 713 g/mol. The molecule has 2 atom stereocenters. The quantitative estimate of drug-likeness (QED) is 0.0268. The molecule has 55 heavy (non-hydrogen) atoms. The van der Waals surface area contributed by atoms with Gasteiger partial charge in [0.25, 0.3) is 0 Å². The number of esters is 2. The Labute approximate surface area is 337 Å². The Balaban J connectivity index is 4.13. The van der Waals surface area contributed by atoms with Crippen LogP contribution in [0.2, 0.25) is 0 Å². The minimum Gasteiger partial charge on any atom is -0.462 e. The summed E-state index contributed by atoms with van der Waals surface area (Å²) < 4.78 is 32.8. The first-order chi connectivity index (χ1) is 26.8. The summed E-state index contributed by atoms with van der Waals surface area (Å²) in [5, 5.41) is 0. The zero-order valence-corrected chi connectivity index (χ0v) is 36.3. The molecule has 0 aliphatic heterocycles. The number of allylic oxidation sites excluding steroid dienone is 6. The Morgan fingerprint density at radius 1 is 0.545 bits per heavy atom. The van der Waals surface area contributed by atoms with Gasteiger partial charge < -0.3 is 20.1 Å². The van der Waals surface area contributed by atoms with Crippen LogP contribution < -0.4 is 5.73 Å². The van der Waals surface area contributed by atoms with E-state index >= 15 is 0 Å². The van der Waals surface area contributed by atoms with Crippen molar-refractivity contribution in [3.05, 3.63) is 36.5 Å². The van der Waals surface area contributed by atoms with Gasteiger partial charge in [0.1, 0.15) is 6.61 Å². The lowest BCUT2D eigenvalue weighted by Crippen LogP contribution is -2.29. The number of carbonyl (C=O) groups is 2. The van der Waals surface area contributed by atoms with Gasteiger partial charge in [-0.15, -0.1) is 0 Å². The van der Waals surface area contributed by atoms with E-state index in [9.17, 15) is 19.0 Å². The highest BCUT2D eigenvalue weighted by Crippen LogP contribution is 2.43. The maximum atomic E-state index is 12.6. The second-order valence-corrected chi connectivity index (χ2v) is 16.4. The van der Waals surface area contributed by atoms with Crippen molar-refractivity contribution >= 4 is 19.8 Å². The number of unbranched alkanes of at least 4 members (excludes halogenated alkanes) is 23. The molecule has 0 fully saturated rings. The van der Waals surface area contributed by atoms with Crippen molar-refractivity contribution in [2.24, 2.45) is 5.73 Å². The fourth-order valence-electron chi connectivity index (χ4n) is 6.13. The van der Waals surface area contributed by atoms with Crippen LogP contribution in [-0.2, 0) is 32.7 Å². The molecule has 3 N–H and O–H groups in total. The first-order valence-electron chi connectivity index (χ1n) is 22.5. The molecule has 2 unspecified atom stereocenters. The second kappa shape index (κ2) is 41.9. The molecule has 0 radical (unpaired) electrons. The van der Waals surface area contributed by atoms with Gasteiger partial charge in [-0.05, 0) is 70.6 Å². The topological polar surface area (TPSA) is 134 Å². The van der Waals surface area contributed by atoms with E-state index < -0.39 is 26.5 Å². The van der Waals surface area contributed by atoms with Crippen LogP contribution in [0.15, 0.2) is 36.5 Å². The summed E-state index contributed by atoms with van der Waals surface area (Å²) in [6.07, 6.45) is 46.0. The molecular formula is C45H84NO8P. The first-order valence-corrected chi connectivity index (χ1v) is 24.0. The van der Waals surface area contributed by atoms with Crippen molar-refractivity contribution in [3.8, 4) is 0 Å². The standard InChI is InChI=1S/C45H84NO8P/c1-3-5-7-9-11-13-15-17-19-20-21-22-24-25-27-29-31-33-35-37-44(47)51-41-43(42-53-55(49,50)52-40-39-46)54-45(48)38-36-34-32-30-28-26-23-18-16-14-12-10-8-6-4-2/h11,13,17-19,23,43H,3-10,12,14-16,20-22,24-42,46H2,1-2H3,(H,49,50). The molecule has 0 rings (SSSR count). The summed E-state index contributed by atoms with van der Waals surface area (Å²) in [6, 6.07) is 0. The molecule has 0 amide bonds. The van der Waals surface area contributed by atoms with Crippen molar-refractivity contribution < 1.29 is 37.6 Å². The van der Waals surface area contributed by atoms with E-state index in [4.69, 9.17) is 24.3 Å². The van der Waals surface area contributed by atoms with E-state index in [2.05, 4.69) is 50.3 Å². The normalized spacial score (nSPS) is 13.6. The lowest BCUT2D eigenvalue weighted by atomic mass is 10.1. The highest BCUT2D eigenvalue weighted by Gasteiger charge is 2.26. The maximum absolute atomic E-state index is 12.6. The molecule has 0 aliphatic rings. The number of rotatable bonds is 42. The number of nitrogens with two attached hydrogens (primary N) is 1. The maximum Gasteiger partial charge on any atom is 0.472 e. The predicted octanol–water partition coefficient (Wildman–Crippen LogP) is 12.9. The van der Waals surface area contributed by atoms with Crippen LogP contribution in [0.5, 0.6) is 0 Å². The third-order valence-electron chi connectivity index (χ3n) is 9.50.